The van der Waals surface area contributed by atoms with Crippen LogP contribution in [0, 0.1) is 11.7 Å². The standard InChI is InChI=1S/C14H19FN2O3/c1-9(7-13(18)19)8-16-14(20)17-10(2)11-5-3-4-6-12(11)15/h3-6,9-10H,7-8H2,1-2H3,(H,18,19)(H2,16,17,20). The first-order chi connectivity index (χ1) is 9.40. The number of hydrogen-bond acceptors (Lipinski definition) is 2. The third-order valence-electron chi connectivity index (χ3n) is 2.85. The summed E-state index contributed by atoms with van der Waals surface area (Å²) in [5.41, 5.74) is 0.404. The molecule has 0 saturated carbocycles. The molecular formula is C14H19FN2O3. The number of halogens is 1. The quantitative estimate of drug-likeness (QED) is 0.749. The van der Waals surface area contributed by atoms with Crippen LogP contribution in [-0.2, 0) is 4.79 Å². The molecule has 1 rings (SSSR count). The van der Waals surface area contributed by atoms with Crippen molar-refractivity contribution >= 4 is 12.0 Å². The number of urea groups is 1. The van der Waals surface area contributed by atoms with Gasteiger partial charge in [-0.25, -0.2) is 9.18 Å². The number of benzene rings is 1. The van der Waals surface area contributed by atoms with E-state index in [9.17, 15) is 14.0 Å². The molecule has 0 bridgehead atoms. The summed E-state index contributed by atoms with van der Waals surface area (Å²) >= 11 is 0. The lowest BCUT2D eigenvalue weighted by Crippen LogP contribution is -2.39. The topological polar surface area (TPSA) is 78.4 Å². The van der Waals surface area contributed by atoms with E-state index in [4.69, 9.17) is 5.11 Å². The van der Waals surface area contributed by atoms with Gasteiger partial charge in [-0.05, 0) is 18.9 Å². The van der Waals surface area contributed by atoms with Gasteiger partial charge in [-0.2, -0.15) is 0 Å². The van der Waals surface area contributed by atoms with E-state index in [1.165, 1.54) is 6.07 Å². The highest BCUT2D eigenvalue weighted by Crippen LogP contribution is 2.15. The second kappa shape index (κ2) is 7.47. The Morgan fingerprint density at radius 1 is 1.30 bits per heavy atom. The molecule has 0 saturated heterocycles. The van der Waals surface area contributed by atoms with E-state index in [1.54, 1.807) is 32.0 Å². The van der Waals surface area contributed by atoms with Crippen LogP contribution in [0.1, 0.15) is 31.9 Å². The lowest BCUT2D eigenvalue weighted by molar-refractivity contribution is -0.137. The molecule has 0 aromatic heterocycles. The van der Waals surface area contributed by atoms with E-state index in [0.717, 1.165) is 0 Å². The SMILES string of the molecule is CC(CNC(=O)NC(C)c1ccccc1F)CC(=O)O. The van der Waals surface area contributed by atoms with Crippen molar-refractivity contribution in [2.45, 2.75) is 26.3 Å². The summed E-state index contributed by atoms with van der Waals surface area (Å²) in [5.74, 6) is -1.44. The van der Waals surface area contributed by atoms with Gasteiger partial charge in [0.2, 0.25) is 0 Å². The first kappa shape index (κ1) is 15.9. The molecule has 110 valence electrons. The van der Waals surface area contributed by atoms with Gasteiger partial charge in [-0.3, -0.25) is 4.79 Å². The summed E-state index contributed by atoms with van der Waals surface area (Å²) in [6.07, 6.45) is -0.0108. The fraction of sp³-hybridized carbons (Fsp3) is 0.429. The van der Waals surface area contributed by atoms with Crippen molar-refractivity contribution in [3.63, 3.8) is 0 Å². The third kappa shape index (κ3) is 5.26. The van der Waals surface area contributed by atoms with Crippen LogP contribution in [0.15, 0.2) is 24.3 Å². The Labute approximate surface area is 117 Å². The number of aliphatic carboxylic acids is 1. The predicted molar refractivity (Wildman–Crippen MR) is 72.8 cm³/mol. The molecule has 0 aliphatic rings. The minimum Gasteiger partial charge on any atom is -0.481 e. The van der Waals surface area contributed by atoms with Gasteiger partial charge in [0, 0.05) is 18.5 Å². The summed E-state index contributed by atoms with van der Waals surface area (Å²) in [4.78, 5) is 22.1. The maximum atomic E-state index is 13.5. The first-order valence-electron chi connectivity index (χ1n) is 6.40. The highest BCUT2D eigenvalue weighted by molar-refractivity contribution is 5.74. The van der Waals surface area contributed by atoms with Crippen molar-refractivity contribution in [2.24, 2.45) is 5.92 Å². The van der Waals surface area contributed by atoms with E-state index in [-0.39, 0.29) is 24.7 Å². The molecule has 3 N–H and O–H groups in total. The molecule has 5 nitrogen and oxygen atoms in total. The summed E-state index contributed by atoms with van der Waals surface area (Å²) in [6.45, 7) is 3.66. The third-order valence-corrected chi connectivity index (χ3v) is 2.85. The van der Waals surface area contributed by atoms with Gasteiger partial charge < -0.3 is 15.7 Å². The number of carboxylic acids is 1. The van der Waals surface area contributed by atoms with Crippen LogP contribution in [0.5, 0.6) is 0 Å². The Morgan fingerprint density at radius 3 is 2.55 bits per heavy atom. The van der Waals surface area contributed by atoms with E-state index in [1.807, 2.05) is 0 Å². The summed E-state index contributed by atoms with van der Waals surface area (Å²) in [7, 11) is 0. The van der Waals surface area contributed by atoms with Gasteiger partial charge in [-0.15, -0.1) is 0 Å². The van der Waals surface area contributed by atoms with Gasteiger partial charge in [0.1, 0.15) is 5.82 Å². The smallest absolute Gasteiger partial charge is 0.315 e. The number of amides is 2. The molecule has 2 unspecified atom stereocenters. The minimum atomic E-state index is -0.903. The van der Waals surface area contributed by atoms with Gasteiger partial charge in [-0.1, -0.05) is 25.1 Å². The molecule has 0 heterocycles. The second-order valence-electron chi connectivity index (χ2n) is 4.80. The minimum absolute atomic E-state index is 0.0108. The highest BCUT2D eigenvalue weighted by Gasteiger charge is 2.14. The number of carbonyl (C=O) groups excluding carboxylic acids is 1. The van der Waals surface area contributed by atoms with Crippen molar-refractivity contribution in [1.29, 1.82) is 0 Å². The number of nitrogens with one attached hydrogen (secondary N) is 2. The molecule has 1 aromatic rings. The van der Waals surface area contributed by atoms with Gasteiger partial charge in [0.15, 0.2) is 0 Å². The van der Waals surface area contributed by atoms with Gasteiger partial charge in [0.05, 0.1) is 6.04 Å². The van der Waals surface area contributed by atoms with Crippen molar-refractivity contribution in [1.82, 2.24) is 10.6 Å². The van der Waals surface area contributed by atoms with Crippen LogP contribution in [0.2, 0.25) is 0 Å². The lowest BCUT2D eigenvalue weighted by atomic mass is 10.1. The van der Waals surface area contributed by atoms with Crippen molar-refractivity contribution < 1.29 is 19.1 Å². The number of rotatable bonds is 6. The summed E-state index contributed by atoms with van der Waals surface area (Å²) < 4.78 is 13.5. The second-order valence-corrected chi connectivity index (χ2v) is 4.80. The fourth-order valence-corrected chi connectivity index (χ4v) is 1.79. The number of carbonyl (C=O) groups is 2. The largest absolute Gasteiger partial charge is 0.481 e. The molecule has 2 atom stereocenters. The number of carboxylic acid groups (broad SMARTS) is 1. The zero-order chi connectivity index (χ0) is 15.1. The monoisotopic (exact) mass is 282 g/mol. The molecule has 20 heavy (non-hydrogen) atoms. The van der Waals surface area contributed by atoms with E-state index in [2.05, 4.69) is 10.6 Å². The molecular weight excluding hydrogens is 263 g/mol. The Morgan fingerprint density at radius 2 is 1.95 bits per heavy atom. The zero-order valence-electron chi connectivity index (χ0n) is 11.5. The van der Waals surface area contributed by atoms with Crippen molar-refractivity contribution in [3.05, 3.63) is 35.6 Å². The van der Waals surface area contributed by atoms with Crippen LogP contribution in [0.3, 0.4) is 0 Å². The highest BCUT2D eigenvalue weighted by atomic mass is 19.1. The van der Waals surface area contributed by atoms with Crippen LogP contribution >= 0.6 is 0 Å². The Kier molecular flexibility index (Phi) is 5.96. The average molecular weight is 282 g/mol. The van der Waals surface area contributed by atoms with E-state index in [0.29, 0.717) is 5.56 Å². The fourth-order valence-electron chi connectivity index (χ4n) is 1.79. The number of hydrogen-bond donors (Lipinski definition) is 3. The summed E-state index contributed by atoms with van der Waals surface area (Å²) in [5, 5.41) is 13.8. The Bertz CT molecular complexity index is 479. The molecule has 1 aromatic carbocycles. The maximum absolute atomic E-state index is 13.5. The van der Waals surface area contributed by atoms with Gasteiger partial charge >= 0.3 is 12.0 Å². The zero-order valence-corrected chi connectivity index (χ0v) is 11.5. The molecule has 0 spiro atoms. The molecule has 6 heteroatoms. The summed E-state index contributed by atoms with van der Waals surface area (Å²) in [6, 6.07) is 5.31. The first-order valence-corrected chi connectivity index (χ1v) is 6.40. The van der Waals surface area contributed by atoms with Crippen LogP contribution in [0.25, 0.3) is 0 Å². The average Bonchev–Trinajstić information content (AvgIpc) is 2.36. The van der Waals surface area contributed by atoms with Crippen LogP contribution in [-0.4, -0.2) is 23.7 Å². The van der Waals surface area contributed by atoms with Crippen molar-refractivity contribution in [2.75, 3.05) is 6.54 Å². The Balaban J connectivity index is 2.43. The van der Waals surface area contributed by atoms with E-state index >= 15 is 0 Å². The Hall–Kier alpha value is -2.11. The van der Waals surface area contributed by atoms with Crippen molar-refractivity contribution in [3.8, 4) is 0 Å². The molecule has 0 radical (unpaired) electrons. The molecule has 2 amide bonds. The van der Waals surface area contributed by atoms with Crippen LogP contribution in [0.4, 0.5) is 9.18 Å². The van der Waals surface area contributed by atoms with E-state index < -0.39 is 18.0 Å². The van der Waals surface area contributed by atoms with Gasteiger partial charge in [0.25, 0.3) is 0 Å². The predicted octanol–water partition coefficient (Wildman–Crippen LogP) is 2.30. The molecule has 0 aliphatic carbocycles. The van der Waals surface area contributed by atoms with Crippen LogP contribution < -0.4 is 10.6 Å². The maximum Gasteiger partial charge on any atom is 0.315 e. The molecule has 0 fully saturated rings. The lowest BCUT2D eigenvalue weighted by Gasteiger charge is -2.17. The molecule has 0 aliphatic heterocycles. The normalized spacial score (nSPS) is 13.3.